The molecule has 12 heteroatoms. The molecular weight excluding hydrogens is 529 g/mol. The quantitative estimate of drug-likeness (QED) is 0.155. The van der Waals surface area contributed by atoms with E-state index in [1.807, 2.05) is 6.92 Å². The van der Waals surface area contributed by atoms with Crippen LogP contribution in [-0.2, 0) is 27.2 Å². The van der Waals surface area contributed by atoms with Gasteiger partial charge in [0.15, 0.2) is 5.82 Å². The van der Waals surface area contributed by atoms with Gasteiger partial charge in [-0.3, -0.25) is 4.79 Å². The summed E-state index contributed by atoms with van der Waals surface area (Å²) in [6.45, 7) is 12.4. The van der Waals surface area contributed by atoms with Crippen LogP contribution in [0.2, 0.25) is 25.7 Å². The van der Waals surface area contributed by atoms with Gasteiger partial charge in [-0.25, -0.2) is 14.6 Å². The van der Waals surface area contributed by atoms with E-state index in [4.69, 9.17) is 14.2 Å². The Labute approximate surface area is 227 Å². The van der Waals surface area contributed by atoms with Crippen molar-refractivity contribution in [3.05, 3.63) is 47.9 Å². The van der Waals surface area contributed by atoms with Gasteiger partial charge in [0, 0.05) is 38.1 Å². The molecule has 3 rings (SSSR count). The van der Waals surface area contributed by atoms with Gasteiger partial charge in [-0.15, -0.1) is 5.10 Å². The van der Waals surface area contributed by atoms with E-state index in [2.05, 4.69) is 34.7 Å². The van der Waals surface area contributed by atoms with E-state index in [9.17, 15) is 18.0 Å². The summed E-state index contributed by atoms with van der Waals surface area (Å²) in [4.78, 5) is 20.0. The Balaban J connectivity index is 1.79. The van der Waals surface area contributed by atoms with Gasteiger partial charge in [0.1, 0.15) is 13.3 Å². The maximum Gasteiger partial charge on any atom is 0.453 e. The van der Waals surface area contributed by atoms with Gasteiger partial charge >= 0.3 is 12.1 Å². The molecule has 0 atom stereocenters. The van der Waals surface area contributed by atoms with Crippen molar-refractivity contribution in [1.29, 1.82) is 0 Å². The number of carbonyl (C=O) groups excluding carboxylic acids is 1. The SMILES string of the molecule is COC(=O)C(C)(C)COc1cc(C)c(-c2ccc(-c3nc(C(F)(F)F)nn3COCC[Si](C)(C)C)cc2)cn1. The number of hydrogen-bond donors (Lipinski definition) is 0. The number of pyridine rings is 1. The van der Waals surface area contributed by atoms with Gasteiger partial charge in [0.2, 0.25) is 5.88 Å². The van der Waals surface area contributed by atoms with Crippen LogP contribution in [0, 0.1) is 12.3 Å². The lowest BCUT2D eigenvalue weighted by atomic mass is 9.95. The number of alkyl halides is 3. The maximum atomic E-state index is 13.4. The van der Waals surface area contributed by atoms with Crippen LogP contribution in [0.5, 0.6) is 5.88 Å². The second-order valence-corrected chi connectivity index (χ2v) is 16.8. The van der Waals surface area contributed by atoms with Crippen LogP contribution in [0.25, 0.3) is 22.5 Å². The van der Waals surface area contributed by atoms with E-state index < -0.39 is 25.5 Å². The highest BCUT2D eigenvalue weighted by atomic mass is 28.3. The van der Waals surface area contributed by atoms with Crippen molar-refractivity contribution in [1.82, 2.24) is 19.7 Å². The van der Waals surface area contributed by atoms with E-state index in [0.29, 0.717) is 18.1 Å². The summed E-state index contributed by atoms with van der Waals surface area (Å²) >= 11 is 0. The Hall–Kier alpha value is -3.25. The fraction of sp³-hybridized carbons (Fsp3) is 0.481. The molecule has 0 aliphatic carbocycles. The van der Waals surface area contributed by atoms with Crippen LogP contribution in [0.4, 0.5) is 13.2 Å². The first kappa shape index (κ1) is 30.3. The van der Waals surface area contributed by atoms with Gasteiger partial charge < -0.3 is 14.2 Å². The number of hydrogen-bond acceptors (Lipinski definition) is 7. The Morgan fingerprint density at radius 2 is 1.72 bits per heavy atom. The van der Waals surface area contributed by atoms with Crippen LogP contribution in [-0.4, -0.2) is 54.1 Å². The highest BCUT2D eigenvalue weighted by molar-refractivity contribution is 6.76. The van der Waals surface area contributed by atoms with Crippen LogP contribution >= 0.6 is 0 Å². The summed E-state index contributed by atoms with van der Waals surface area (Å²) in [5.41, 5.74) is 2.17. The molecule has 0 aliphatic heterocycles. The van der Waals surface area contributed by atoms with Gasteiger partial charge in [-0.2, -0.15) is 13.2 Å². The van der Waals surface area contributed by atoms with Gasteiger partial charge in [0.25, 0.3) is 5.82 Å². The number of benzene rings is 1. The predicted octanol–water partition coefficient (Wildman–Crippen LogP) is 6.22. The number of esters is 1. The number of aryl methyl sites for hydroxylation is 1. The first-order valence-corrected chi connectivity index (χ1v) is 16.2. The summed E-state index contributed by atoms with van der Waals surface area (Å²) in [7, 11) is -0.0177. The summed E-state index contributed by atoms with van der Waals surface area (Å²) < 4.78 is 57.4. The first-order chi connectivity index (χ1) is 18.1. The van der Waals surface area contributed by atoms with Gasteiger partial charge in [-0.05, 0) is 37.9 Å². The summed E-state index contributed by atoms with van der Waals surface area (Å²) in [6, 6.07) is 9.62. The largest absolute Gasteiger partial charge is 0.476 e. The lowest BCUT2D eigenvalue weighted by Crippen LogP contribution is -2.32. The van der Waals surface area contributed by atoms with Gasteiger partial charge in [0.05, 0.1) is 12.5 Å². The fourth-order valence-corrected chi connectivity index (χ4v) is 4.35. The average molecular weight is 565 g/mol. The fourth-order valence-electron chi connectivity index (χ4n) is 3.59. The number of halogens is 3. The third-order valence-electron chi connectivity index (χ3n) is 5.99. The highest BCUT2D eigenvalue weighted by Gasteiger charge is 2.37. The Morgan fingerprint density at radius 1 is 1.08 bits per heavy atom. The molecule has 2 heterocycles. The standard InChI is InChI=1S/C27H35F3N4O4Si/c1-18-14-22(38-16-26(2,3)25(35)36-4)31-15-21(18)19-8-10-20(11-9-19)23-32-24(27(28,29)30)33-34(23)17-37-12-13-39(5,6)7/h8-11,14-15H,12-13,16-17H2,1-7H3. The molecule has 1 aromatic carbocycles. The second-order valence-electron chi connectivity index (χ2n) is 11.2. The van der Waals surface area contributed by atoms with E-state index in [-0.39, 0.29) is 25.1 Å². The van der Waals surface area contributed by atoms with Crippen molar-refractivity contribution in [2.75, 3.05) is 20.3 Å². The molecule has 0 unspecified atom stereocenters. The summed E-state index contributed by atoms with van der Waals surface area (Å²) in [6.07, 6.45) is -3.02. The molecule has 0 saturated carbocycles. The zero-order valence-corrected chi connectivity index (χ0v) is 24.3. The van der Waals surface area contributed by atoms with Crippen LogP contribution in [0.1, 0.15) is 25.2 Å². The van der Waals surface area contributed by atoms with Gasteiger partial charge in [-0.1, -0.05) is 43.9 Å². The number of rotatable bonds is 11. The molecular formula is C27H35F3N4O4Si. The lowest BCUT2D eigenvalue weighted by Gasteiger charge is -2.21. The maximum absolute atomic E-state index is 13.4. The monoisotopic (exact) mass is 564 g/mol. The van der Waals surface area contributed by atoms with E-state index in [1.165, 1.54) is 7.11 Å². The van der Waals surface area contributed by atoms with Crippen molar-refractivity contribution in [3.8, 4) is 28.4 Å². The molecule has 0 spiro atoms. The molecule has 0 aliphatic rings. The second kappa shape index (κ2) is 11.9. The smallest absolute Gasteiger partial charge is 0.453 e. The predicted molar refractivity (Wildman–Crippen MR) is 144 cm³/mol. The normalized spacial score (nSPS) is 12.5. The minimum atomic E-state index is -4.67. The number of ether oxygens (including phenoxy) is 3. The molecule has 3 aromatic rings. The van der Waals surface area contributed by atoms with Crippen molar-refractivity contribution in [2.24, 2.45) is 5.41 Å². The summed E-state index contributed by atoms with van der Waals surface area (Å²) in [5.74, 6) is -1.14. The lowest BCUT2D eigenvalue weighted by molar-refractivity contribution is -0.152. The summed E-state index contributed by atoms with van der Waals surface area (Å²) in [5, 5.41) is 3.66. The first-order valence-electron chi connectivity index (χ1n) is 12.5. The number of aromatic nitrogens is 4. The molecule has 212 valence electrons. The van der Waals surface area contributed by atoms with Crippen molar-refractivity contribution >= 4 is 14.0 Å². The molecule has 0 fully saturated rings. The zero-order chi connectivity index (χ0) is 29.0. The minimum absolute atomic E-state index is 0.0775. The highest BCUT2D eigenvalue weighted by Crippen LogP contribution is 2.31. The Bertz CT molecular complexity index is 1290. The molecule has 0 saturated heterocycles. The van der Waals surface area contributed by atoms with Crippen LogP contribution in [0.15, 0.2) is 36.5 Å². The molecule has 8 nitrogen and oxygen atoms in total. The molecule has 0 N–H and O–H groups in total. The molecule has 0 radical (unpaired) electrons. The third kappa shape index (κ3) is 8.12. The Kier molecular flexibility index (Phi) is 9.22. The zero-order valence-electron chi connectivity index (χ0n) is 23.3. The number of nitrogens with zero attached hydrogens (tertiary/aromatic N) is 4. The Morgan fingerprint density at radius 3 is 2.28 bits per heavy atom. The van der Waals surface area contributed by atoms with E-state index in [0.717, 1.165) is 27.4 Å². The van der Waals surface area contributed by atoms with Crippen LogP contribution in [0.3, 0.4) is 0 Å². The number of carbonyl (C=O) groups is 1. The van der Waals surface area contributed by atoms with E-state index >= 15 is 0 Å². The topological polar surface area (TPSA) is 88.4 Å². The van der Waals surface area contributed by atoms with Crippen molar-refractivity contribution in [3.63, 3.8) is 0 Å². The van der Waals surface area contributed by atoms with Crippen LogP contribution < -0.4 is 4.74 Å². The average Bonchev–Trinajstić information content (AvgIpc) is 3.29. The van der Waals surface area contributed by atoms with Crippen molar-refractivity contribution in [2.45, 2.75) is 59.4 Å². The van der Waals surface area contributed by atoms with Crippen molar-refractivity contribution < 1.29 is 32.2 Å². The minimum Gasteiger partial charge on any atom is -0.476 e. The molecule has 0 amide bonds. The molecule has 39 heavy (non-hydrogen) atoms. The third-order valence-corrected chi connectivity index (χ3v) is 7.70. The molecule has 0 bridgehead atoms. The van der Waals surface area contributed by atoms with E-state index in [1.54, 1.807) is 50.4 Å². The number of methoxy groups -OCH3 is 1. The molecule has 2 aromatic heterocycles.